The van der Waals surface area contributed by atoms with Gasteiger partial charge in [0.05, 0.1) is 5.75 Å². The molecule has 0 fully saturated rings. The standard InChI is InChI=1S/C11H16BrNOS/c1-2-3-6-15(14)8-9-4-5-10(12)7-11(9)13/h4-5,7H,2-3,6,8,13H2,1H3. The van der Waals surface area contributed by atoms with E-state index in [4.69, 9.17) is 5.73 Å². The van der Waals surface area contributed by atoms with Crippen molar-refractivity contribution >= 4 is 32.4 Å². The molecular formula is C11H16BrNOS. The molecule has 4 heteroatoms. The molecule has 15 heavy (non-hydrogen) atoms. The summed E-state index contributed by atoms with van der Waals surface area (Å²) in [6, 6.07) is 5.72. The van der Waals surface area contributed by atoms with Crippen molar-refractivity contribution in [1.29, 1.82) is 0 Å². The third kappa shape index (κ3) is 4.34. The van der Waals surface area contributed by atoms with Gasteiger partial charge in [0.15, 0.2) is 0 Å². The predicted molar refractivity (Wildman–Crippen MR) is 70.2 cm³/mol. The van der Waals surface area contributed by atoms with Crippen LogP contribution in [0.1, 0.15) is 25.3 Å². The van der Waals surface area contributed by atoms with Crippen LogP contribution in [0.4, 0.5) is 5.69 Å². The summed E-state index contributed by atoms with van der Waals surface area (Å²) in [5.41, 5.74) is 7.53. The van der Waals surface area contributed by atoms with Gasteiger partial charge >= 0.3 is 0 Å². The Bertz CT molecular complexity index is 354. The van der Waals surface area contributed by atoms with E-state index in [0.29, 0.717) is 11.4 Å². The third-order valence-corrected chi connectivity index (χ3v) is 4.02. The molecule has 2 nitrogen and oxygen atoms in total. The molecule has 0 radical (unpaired) electrons. The Morgan fingerprint density at radius 3 is 2.80 bits per heavy atom. The molecule has 1 aromatic rings. The van der Waals surface area contributed by atoms with Crippen molar-refractivity contribution in [2.45, 2.75) is 25.5 Å². The largest absolute Gasteiger partial charge is 0.398 e. The van der Waals surface area contributed by atoms with Gasteiger partial charge in [-0.05, 0) is 24.1 Å². The smallest absolute Gasteiger partial charge is 0.0505 e. The number of halogens is 1. The van der Waals surface area contributed by atoms with Crippen molar-refractivity contribution in [1.82, 2.24) is 0 Å². The number of hydrogen-bond acceptors (Lipinski definition) is 2. The predicted octanol–water partition coefficient (Wildman–Crippen LogP) is 3.08. The number of hydrogen-bond donors (Lipinski definition) is 1. The number of nitrogen functional groups attached to an aromatic ring is 1. The van der Waals surface area contributed by atoms with Crippen LogP contribution in [0.25, 0.3) is 0 Å². The fourth-order valence-electron chi connectivity index (χ4n) is 1.25. The molecular weight excluding hydrogens is 274 g/mol. The first-order valence-electron chi connectivity index (χ1n) is 5.02. The Labute approximate surface area is 102 Å². The van der Waals surface area contributed by atoms with Crippen molar-refractivity contribution in [2.24, 2.45) is 0 Å². The minimum Gasteiger partial charge on any atom is -0.398 e. The van der Waals surface area contributed by atoms with Gasteiger partial charge in [0, 0.05) is 26.7 Å². The summed E-state index contributed by atoms with van der Waals surface area (Å²) in [6.07, 6.45) is 2.10. The first kappa shape index (κ1) is 12.7. The average molecular weight is 290 g/mol. The van der Waals surface area contributed by atoms with E-state index < -0.39 is 10.8 Å². The highest BCUT2D eigenvalue weighted by molar-refractivity contribution is 9.10. The zero-order chi connectivity index (χ0) is 11.3. The van der Waals surface area contributed by atoms with E-state index in [1.165, 1.54) is 0 Å². The molecule has 84 valence electrons. The van der Waals surface area contributed by atoms with Crippen LogP contribution < -0.4 is 5.73 Å². The highest BCUT2D eigenvalue weighted by atomic mass is 79.9. The van der Waals surface area contributed by atoms with E-state index in [1.54, 1.807) is 0 Å². The highest BCUT2D eigenvalue weighted by Gasteiger charge is 2.05. The maximum Gasteiger partial charge on any atom is 0.0505 e. The van der Waals surface area contributed by atoms with Crippen LogP contribution in [0.5, 0.6) is 0 Å². The summed E-state index contributed by atoms with van der Waals surface area (Å²) in [7, 11) is -0.783. The average Bonchev–Trinajstić information content (AvgIpc) is 2.19. The Balaban J connectivity index is 2.60. The molecule has 0 spiro atoms. The van der Waals surface area contributed by atoms with E-state index >= 15 is 0 Å². The number of nitrogens with two attached hydrogens (primary N) is 1. The first-order valence-corrected chi connectivity index (χ1v) is 7.30. The summed E-state index contributed by atoms with van der Waals surface area (Å²) in [5.74, 6) is 1.34. The quantitative estimate of drug-likeness (QED) is 0.847. The zero-order valence-electron chi connectivity index (χ0n) is 8.83. The van der Waals surface area contributed by atoms with Crippen LogP contribution in [-0.4, -0.2) is 9.96 Å². The fraction of sp³-hybridized carbons (Fsp3) is 0.455. The van der Waals surface area contributed by atoms with Crippen LogP contribution in [-0.2, 0) is 16.6 Å². The number of unbranched alkanes of at least 4 members (excludes halogenated alkanes) is 1. The molecule has 2 N–H and O–H groups in total. The van der Waals surface area contributed by atoms with E-state index in [-0.39, 0.29) is 0 Å². The Kier molecular flexibility index (Phi) is 5.32. The summed E-state index contributed by atoms with van der Waals surface area (Å²) in [5, 5.41) is 0. The molecule has 0 amide bonds. The third-order valence-electron chi connectivity index (χ3n) is 2.15. The van der Waals surface area contributed by atoms with Crippen LogP contribution in [0.15, 0.2) is 22.7 Å². The van der Waals surface area contributed by atoms with Gasteiger partial charge in [-0.3, -0.25) is 4.21 Å². The van der Waals surface area contributed by atoms with Crippen LogP contribution in [0.3, 0.4) is 0 Å². The Hall–Kier alpha value is -0.350. The minimum atomic E-state index is -0.783. The summed E-state index contributed by atoms with van der Waals surface area (Å²) >= 11 is 3.35. The lowest BCUT2D eigenvalue weighted by molar-refractivity contribution is 0.679. The lowest BCUT2D eigenvalue weighted by Gasteiger charge is -2.05. The second-order valence-electron chi connectivity index (χ2n) is 3.48. The van der Waals surface area contributed by atoms with Gasteiger partial charge in [0.2, 0.25) is 0 Å². The molecule has 0 aliphatic rings. The molecule has 0 bridgehead atoms. The van der Waals surface area contributed by atoms with Crippen LogP contribution >= 0.6 is 15.9 Å². The maximum absolute atomic E-state index is 11.7. The number of benzene rings is 1. The molecule has 1 atom stereocenters. The van der Waals surface area contributed by atoms with E-state index in [0.717, 1.165) is 28.6 Å². The van der Waals surface area contributed by atoms with Crippen molar-refractivity contribution in [3.63, 3.8) is 0 Å². The fourth-order valence-corrected chi connectivity index (χ4v) is 2.99. The lowest BCUT2D eigenvalue weighted by Crippen LogP contribution is -2.03. The summed E-state index contributed by atoms with van der Waals surface area (Å²) < 4.78 is 12.6. The highest BCUT2D eigenvalue weighted by Crippen LogP contribution is 2.19. The molecule has 0 aliphatic heterocycles. The Morgan fingerprint density at radius 2 is 2.20 bits per heavy atom. The minimum absolute atomic E-state index is 0.569. The van der Waals surface area contributed by atoms with Gasteiger partial charge < -0.3 is 5.73 Å². The van der Waals surface area contributed by atoms with Crippen molar-refractivity contribution in [3.05, 3.63) is 28.2 Å². The van der Waals surface area contributed by atoms with Gasteiger partial charge in [-0.15, -0.1) is 0 Å². The van der Waals surface area contributed by atoms with Crippen molar-refractivity contribution < 1.29 is 4.21 Å². The van der Waals surface area contributed by atoms with Crippen molar-refractivity contribution in [3.8, 4) is 0 Å². The molecule has 1 aromatic carbocycles. The summed E-state index contributed by atoms with van der Waals surface area (Å²) in [4.78, 5) is 0. The van der Waals surface area contributed by atoms with Gasteiger partial charge in [-0.25, -0.2) is 0 Å². The maximum atomic E-state index is 11.7. The van der Waals surface area contributed by atoms with Crippen LogP contribution in [0.2, 0.25) is 0 Å². The second-order valence-corrected chi connectivity index (χ2v) is 5.98. The monoisotopic (exact) mass is 289 g/mol. The zero-order valence-corrected chi connectivity index (χ0v) is 11.2. The van der Waals surface area contributed by atoms with Gasteiger partial charge in [0.25, 0.3) is 0 Å². The van der Waals surface area contributed by atoms with Gasteiger partial charge in [0.1, 0.15) is 0 Å². The molecule has 0 aromatic heterocycles. The normalized spacial score (nSPS) is 12.7. The SMILES string of the molecule is CCCCS(=O)Cc1ccc(Br)cc1N. The lowest BCUT2D eigenvalue weighted by atomic mass is 10.2. The van der Waals surface area contributed by atoms with E-state index in [1.807, 2.05) is 18.2 Å². The van der Waals surface area contributed by atoms with E-state index in [2.05, 4.69) is 22.9 Å². The molecule has 0 saturated carbocycles. The Morgan fingerprint density at radius 1 is 1.47 bits per heavy atom. The van der Waals surface area contributed by atoms with Gasteiger partial charge in [-0.1, -0.05) is 35.3 Å². The van der Waals surface area contributed by atoms with Gasteiger partial charge in [-0.2, -0.15) is 0 Å². The molecule has 0 heterocycles. The van der Waals surface area contributed by atoms with Crippen LogP contribution in [0, 0.1) is 0 Å². The number of rotatable bonds is 5. The van der Waals surface area contributed by atoms with Crippen molar-refractivity contribution in [2.75, 3.05) is 11.5 Å². The molecule has 1 rings (SSSR count). The number of anilines is 1. The van der Waals surface area contributed by atoms with E-state index in [9.17, 15) is 4.21 Å². The topological polar surface area (TPSA) is 43.1 Å². The second kappa shape index (κ2) is 6.28. The summed E-state index contributed by atoms with van der Waals surface area (Å²) in [6.45, 7) is 2.10. The molecule has 0 aliphatic carbocycles. The molecule has 1 unspecified atom stereocenters. The molecule has 0 saturated heterocycles. The first-order chi connectivity index (χ1) is 7.13.